The lowest BCUT2D eigenvalue weighted by Gasteiger charge is -2.55. The number of hydrogen-bond donors (Lipinski definition) is 2. The van der Waals surface area contributed by atoms with Crippen molar-refractivity contribution in [3.63, 3.8) is 0 Å². The molecule has 100 valence electrons. The molecule has 0 unspecified atom stereocenters. The fourth-order valence-corrected chi connectivity index (χ4v) is 4.25. The van der Waals surface area contributed by atoms with Gasteiger partial charge in [-0.15, -0.1) is 0 Å². The molecule has 0 aliphatic heterocycles. The van der Waals surface area contributed by atoms with E-state index in [0.29, 0.717) is 17.8 Å². The Morgan fingerprint density at radius 1 is 1.12 bits per heavy atom. The average Bonchev–Trinajstić information content (AvgIpc) is 2.22. The van der Waals surface area contributed by atoms with Crippen LogP contribution < -0.4 is 0 Å². The van der Waals surface area contributed by atoms with Crippen LogP contribution in [-0.4, -0.2) is 21.9 Å². The predicted octanol–water partition coefficient (Wildman–Crippen LogP) is 2.97. The Balaban J connectivity index is 2.20. The van der Waals surface area contributed by atoms with E-state index in [1.807, 2.05) is 13.8 Å². The van der Waals surface area contributed by atoms with Crippen molar-refractivity contribution in [2.24, 2.45) is 23.2 Å². The van der Waals surface area contributed by atoms with Crippen molar-refractivity contribution < 1.29 is 10.2 Å². The molecule has 0 aromatic heterocycles. The molecule has 0 radical (unpaired) electrons. The summed E-state index contributed by atoms with van der Waals surface area (Å²) in [6, 6.07) is 0. The molecule has 2 rings (SSSR count). The van der Waals surface area contributed by atoms with Crippen molar-refractivity contribution in [3.05, 3.63) is 0 Å². The maximum Gasteiger partial charge on any atom is 0.0620 e. The molecule has 2 saturated carbocycles. The first-order valence-electron chi connectivity index (χ1n) is 7.15. The molecule has 0 saturated heterocycles. The average molecular weight is 240 g/mol. The standard InChI is InChI=1S/C15H28O2/c1-10-5-8-13(16)12-7-6-11(14(2,3)17)9-15(10,12)4/h10-13,16-17H,5-9H2,1-4H3/t10-,11-,12+,13+,15+/m1/s1. The lowest BCUT2D eigenvalue weighted by molar-refractivity contribution is -0.121. The minimum atomic E-state index is -0.573. The van der Waals surface area contributed by atoms with E-state index in [1.54, 1.807) is 0 Å². The van der Waals surface area contributed by atoms with Crippen molar-refractivity contribution in [2.45, 2.75) is 71.5 Å². The van der Waals surface area contributed by atoms with E-state index in [-0.39, 0.29) is 11.5 Å². The first kappa shape index (κ1) is 13.4. The summed E-state index contributed by atoms with van der Waals surface area (Å²) in [5.41, 5.74) is -0.351. The molecule has 2 fully saturated rings. The van der Waals surface area contributed by atoms with Crippen LogP contribution in [0.5, 0.6) is 0 Å². The van der Waals surface area contributed by atoms with Gasteiger partial charge in [0.2, 0.25) is 0 Å². The minimum absolute atomic E-state index is 0.112. The van der Waals surface area contributed by atoms with Crippen LogP contribution in [0.15, 0.2) is 0 Å². The maximum atomic E-state index is 10.2. The van der Waals surface area contributed by atoms with Crippen molar-refractivity contribution in [3.8, 4) is 0 Å². The van der Waals surface area contributed by atoms with E-state index >= 15 is 0 Å². The summed E-state index contributed by atoms with van der Waals surface area (Å²) in [4.78, 5) is 0. The van der Waals surface area contributed by atoms with E-state index in [1.165, 1.54) is 0 Å². The van der Waals surface area contributed by atoms with E-state index < -0.39 is 5.60 Å². The van der Waals surface area contributed by atoms with Crippen LogP contribution in [0.4, 0.5) is 0 Å². The van der Waals surface area contributed by atoms with Crippen LogP contribution in [0.2, 0.25) is 0 Å². The highest BCUT2D eigenvalue weighted by Crippen LogP contribution is 2.56. The van der Waals surface area contributed by atoms with Gasteiger partial charge in [-0.1, -0.05) is 13.8 Å². The van der Waals surface area contributed by atoms with Crippen LogP contribution in [0.1, 0.15) is 59.8 Å². The molecule has 0 aromatic carbocycles. The molecule has 0 aromatic rings. The first-order valence-corrected chi connectivity index (χ1v) is 7.15. The quantitative estimate of drug-likeness (QED) is 0.740. The Bertz CT molecular complexity index is 281. The van der Waals surface area contributed by atoms with Crippen LogP contribution in [-0.2, 0) is 0 Å². The lowest BCUT2D eigenvalue weighted by Crippen LogP contribution is -2.51. The molecule has 0 heterocycles. The van der Waals surface area contributed by atoms with E-state index in [0.717, 1.165) is 32.1 Å². The summed E-state index contributed by atoms with van der Waals surface area (Å²) in [5.74, 6) is 1.50. The zero-order chi connectivity index (χ0) is 12.8. The third-order valence-electron chi connectivity index (χ3n) is 5.84. The van der Waals surface area contributed by atoms with Crippen molar-refractivity contribution >= 4 is 0 Å². The van der Waals surface area contributed by atoms with E-state index in [4.69, 9.17) is 0 Å². The van der Waals surface area contributed by atoms with Gasteiger partial charge in [-0.25, -0.2) is 0 Å². The fourth-order valence-electron chi connectivity index (χ4n) is 4.25. The monoisotopic (exact) mass is 240 g/mol. The molecular weight excluding hydrogens is 212 g/mol. The van der Waals surface area contributed by atoms with Gasteiger partial charge < -0.3 is 10.2 Å². The van der Waals surface area contributed by atoms with Gasteiger partial charge in [-0.3, -0.25) is 0 Å². The summed E-state index contributed by atoms with van der Waals surface area (Å²) in [6.07, 6.45) is 5.20. The summed E-state index contributed by atoms with van der Waals surface area (Å²) in [5, 5.41) is 20.5. The molecule has 0 bridgehead atoms. The van der Waals surface area contributed by atoms with Gasteiger partial charge in [0.1, 0.15) is 0 Å². The van der Waals surface area contributed by atoms with E-state index in [2.05, 4.69) is 13.8 Å². The molecule has 2 aliphatic carbocycles. The Labute approximate surface area is 105 Å². The topological polar surface area (TPSA) is 40.5 Å². The molecule has 0 spiro atoms. The molecule has 17 heavy (non-hydrogen) atoms. The highest BCUT2D eigenvalue weighted by Gasteiger charge is 2.51. The highest BCUT2D eigenvalue weighted by molar-refractivity contribution is 5.01. The van der Waals surface area contributed by atoms with Gasteiger partial charge in [0.25, 0.3) is 0 Å². The number of aliphatic hydroxyl groups excluding tert-OH is 1. The molecule has 2 aliphatic rings. The van der Waals surface area contributed by atoms with Crippen LogP contribution in [0.3, 0.4) is 0 Å². The highest BCUT2D eigenvalue weighted by atomic mass is 16.3. The van der Waals surface area contributed by atoms with Crippen LogP contribution in [0.25, 0.3) is 0 Å². The molecular formula is C15H28O2. The SMILES string of the molecule is C[C@@H]1CC[C@H](O)[C@@H]2CC[C@@H](C(C)(C)O)C[C@@]12C. The maximum absolute atomic E-state index is 10.2. The Hall–Kier alpha value is -0.0800. The largest absolute Gasteiger partial charge is 0.393 e. The minimum Gasteiger partial charge on any atom is -0.393 e. The van der Waals surface area contributed by atoms with Gasteiger partial charge in [0.15, 0.2) is 0 Å². The number of fused-ring (bicyclic) bond motifs is 1. The zero-order valence-corrected chi connectivity index (χ0v) is 11.7. The second kappa shape index (κ2) is 4.24. The van der Waals surface area contributed by atoms with Crippen molar-refractivity contribution in [1.29, 1.82) is 0 Å². The zero-order valence-electron chi connectivity index (χ0n) is 11.7. The molecule has 0 amide bonds. The Morgan fingerprint density at radius 3 is 2.35 bits per heavy atom. The lowest BCUT2D eigenvalue weighted by atomic mass is 9.52. The number of hydrogen-bond acceptors (Lipinski definition) is 2. The first-order chi connectivity index (χ1) is 7.75. The van der Waals surface area contributed by atoms with Crippen molar-refractivity contribution in [1.82, 2.24) is 0 Å². The van der Waals surface area contributed by atoms with Crippen LogP contribution >= 0.6 is 0 Å². The normalized spacial score (nSPS) is 47.6. The molecule has 2 nitrogen and oxygen atoms in total. The summed E-state index contributed by atoms with van der Waals surface area (Å²) in [6.45, 7) is 8.53. The smallest absolute Gasteiger partial charge is 0.0620 e. The van der Waals surface area contributed by atoms with Gasteiger partial charge in [0, 0.05) is 0 Å². The summed E-state index contributed by atoms with van der Waals surface area (Å²) >= 11 is 0. The summed E-state index contributed by atoms with van der Waals surface area (Å²) < 4.78 is 0. The van der Waals surface area contributed by atoms with Crippen molar-refractivity contribution in [2.75, 3.05) is 0 Å². The molecule has 2 heteroatoms. The fraction of sp³-hybridized carbons (Fsp3) is 1.00. The molecule has 5 atom stereocenters. The number of rotatable bonds is 1. The van der Waals surface area contributed by atoms with Gasteiger partial charge in [0.05, 0.1) is 11.7 Å². The van der Waals surface area contributed by atoms with E-state index in [9.17, 15) is 10.2 Å². The second-order valence-electron chi connectivity index (χ2n) is 7.29. The predicted molar refractivity (Wildman–Crippen MR) is 69.6 cm³/mol. The Kier molecular flexibility index (Phi) is 3.33. The molecule has 2 N–H and O–H groups in total. The number of aliphatic hydroxyl groups is 2. The van der Waals surface area contributed by atoms with Gasteiger partial charge >= 0.3 is 0 Å². The summed E-state index contributed by atoms with van der Waals surface area (Å²) in [7, 11) is 0. The van der Waals surface area contributed by atoms with Gasteiger partial charge in [-0.2, -0.15) is 0 Å². The second-order valence-corrected chi connectivity index (χ2v) is 7.29. The third-order valence-corrected chi connectivity index (χ3v) is 5.84. The Morgan fingerprint density at radius 2 is 1.76 bits per heavy atom. The van der Waals surface area contributed by atoms with Crippen LogP contribution in [0, 0.1) is 23.2 Å². The van der Waals surface area contributed by atoms with Gasteiger partial charge in [-0.05, 0) is 69.1 Å². The third kappa shape index (κ3) is 2.26.